The first-order valence-corrected chi connectivity index (χ1v) is 6.18. The zero-order chi connectivity index (χ0) is 11.9. The number of halogens is 1. The molecule has 0 radical (unpaired) electrons. The van der Waals surface area contributed by atoms with E-state index >= 15 is 0 Å². The second-order valence-electron chi connectivity index (χ2n) is 4.77. The van der Waals surface area contributed by atoms with Crippen molar-refractivity contribution < 1.29 is 9.53 Å². The zero-order valence-corrected chi connectivity index (χ0v) is 11.5. The Labute approximate surface area is 110 Å². The van der Waals surface area contributed by atoms with Crippen LogP contribution in [0.15, 0.2) is 0 Å². The summed E-state index contributed by atoms with van der Waals surface area (Å²) >= 11 is 0. The molecular formula is C12H25ClN2O2. The number of nitrogens with two attached hydrogens (primary N) is 1. The standard InChI is InChI=1S/C12H24N2O2.ClH/c1-16-9-7-12(5-3-6-12)10-14-11(15)4-2-8-13;/h2-10,13H2,1H3,(H,14,15);1H. The predicted molar refractivity (Wildman–Crippen MR) is 71.3 cm³/mol. The lowest BCUT2D eigenvalue weighted by Crippen LogP contribution is -2.42. The molecule has 3 N–H and O–H groups in total. The molecule has 0 heterocycles. The highest BCUT2D eigenvalue weighted by Gasteiger charge is 2.36. The van der Waals surface area contributed by atoms with Gasteiger partial charge in [0.1, 0.15) is 0 Å². The Balaban J connectivity index is 0.00000256. The monoisotopic (exact) mass is 264 g/mol. The molecule has 5 heteroatoms. The second-order valence-corrected chi connectivity index (χ2v) is 4.77. The van der Waals surface area contributed by atoms with Gasteiger partial charge in [0.25, 0.3) is 0 Å². The molecule has 1 aliphatic carbocycles. The molecule has 0 unspecified atom stereocenters. The smallest absolute Gasteiger partial charge is 0.220 e. The number of rotatable bonds is 8. The minimum atomic E-state index is 0. The number of methoxy groups -OCH3 is 1. The third-order valence-electron chi connectivity index (χ3n) is 3.52. The fourth-order valence-corrected chi connectivity index (χ4v) is 2.15. The van der Waals surface area contributed by atoms with Crippen LogP contribution in [0, 0.1) is 5.41 Å². The van der Waals surface area contributed by atoms with Crippen LogP contribution in [0.3, 0.4) is 0 Å². The van der Waals surface area contributed by atoms with E-state index in [4.69, 9.17) is 10.5 Å². The molecule has 1 saturated carbocycles. The molecule has 0 atom stereocenters. The maximum atomic E-state index is 11.5. The van der Waals surface area contributed by atoms with Gasteiger partial charge in [-0.3, -0.25) is 4.79 Å². The molecule has 0 aliphatic heterocycles. The number of carbonyl (C=O) groups excluding carboxylic acids is 1. The third-order valence-corrected chi connectivity index (χ3v) is 3.52. The van der Waals surface area contributed by atoms with Crippen molar-refractivity contribution in [3.63, 3.8) is 0 Å². The topological polar surface area (TPSA) is 64.3 Å². The fraction of sp³-hybridized carbons (Fsp3) is 0.917. The predicted octanol–water partition coefficient (Wildman–Crippen LogP) is 1.47. The molecule has 1 fully saturated rings. The van der Waals surface area contributed by atoms with Gasteiger partial charge in [-0.15, -0.1) is 12.4 Å². The minimum Gasteiger partial charge on any atom is -0.385 e. The molecule has 1 rings (SSSR count). The minimum absolute atomic E-state index is 0. The van der Waals surface area contributed by atoms with Gasteiger partial charge in [-0.25, -0.2) is 0 Å². The molecule has 102 valence electrons. The second kappa shape index (κ2) is 8.72. The first-order chi connectivity index (χ1) is 7.72. The Morgan fingerprint density at radius 2 is 2.18 bits per heavy atom. The van der Waals surface area contributed by atoms with Gasteiger partial charge in [0.2, 0.25) is 5.91 Å². The maximum absolute atomic E-state index is 11.5. The van der Waals surface area contributed by atoms with Crippen LogP contribution in [0.2, 0.25) is 0 Å². The van der Waals surface area contributed by atoms with E-state index in [-0.39, 0.29) is 18.3 Å². The van der Waals surface area contributed by atoms with E-state index < -0.39 is 0 Å². The molecule has 0 aromatic carbocycles. The van der Waals surface area contributed by atoms with Crippen LogP contribution >= 0.6 is 12.4 Å². The molecular weight excluding hydrogens is 240 g/mol. The number of amides is 1. The van der Waals surface area contributed by atoms with Gasteiger partial charge in [-0.05, 0) is 37.6 Å². The Morgan fingerprint density at radius 1 is 1.47 bits per heavy atom. The lowest BCUT2D eigenvalue weighted by atomic mass is 9.67. The summed E-state index contributed by atoms with van der Waals surface area (Å²) in [5.41, 5.74) is 5.68. The average Bonchev–Trinajstić information content (AvgIpc) is 2.24. The van der Waals surface area contributed by atoms with Crippen LogP contribution in [0.25, 0.3) is 0 Å². The molecule has 0 aromatic heterocycles. The summed E-state index contributed by atoms with van der Waals surface area (Å²) in [6.45, 7) is 2.18. The van der Waals surface area contributed by atoms with Crippen molar-refractivity contribution in [3.8, 4) is 0 Å². The number of nitrogens with one attached hydrogen (secondary N) is 1. The van der Waals surface area contributed by atoms with Crippen molar-refractivity contribution in [3.05, 3.63) is 0 Å². The highest BCUT2D eigenvalue weighted by atomic mass is 35.5. The van der Waals surface area contributed by atoms with Gasteiger partial charge in [-0.1, -0.05) is 6.42 Å². The zero-order valence-electron chi connectivity index (χ0n) is 10.7. The van der Waals surface area contributed by atoms with E-state index in [2.05, 4.69) is 5.32 Å². The summed E-state index contributed by atoms with van der Waals surface area (Å²) in [7, 11) is 1.73. The fourth-order valence-electron chi connectivity index (χ4n) is 2.15. The number of hydrogen-bond acceptors (Lipinski definition) is 3. The molecule has 0 aromatic rings. The van der Waals surface area contributed by atoms with Crippen LogP contribution < -0.4 is 11.1 Å². The van der Waals surface area contributed by atoms with E-state index in [1.54, 1.807) is 7.11 Å². The lowest BCUT2D eigenvalue weighted by Gasteiger charge is -2.42. The van der Waals surface area contributed by atoms with Crippen LogP contribution in [-0.4, -0.2) is 32.7 Å². The summed E-state index contributed by atoms with van der Waals surface area (Å²) in [6.07, 6.45) is 6.10. The molecule has 0 bridgehead atoms. The van der Waals surface area contributed by atoms with E-state index in [0.29, 0.717) is 18.4 Å². The average molecular weight is 265 g/mol. The lowest BCUT2D eigenvalue weighted by molar-refractivity contribution is -0.122. The largest absolute Gasteiger partial charge is 0.385 e. The third kappa shape index (κ3) is 5.70. The summed E-state index contributed by atoms with van der Waals surface area (Å²) < 4.78 is 5.12. The van der Waals surface area contributed by atoms with Crippen LogP contribution in [0.1, 0.15) is 38.5 Å². The number of hydrogen-bond donors (Lipinski definition) is 2. The van der Waals surface area contributed by atoms with E-state index in [0.717, 1.165) is 26.0 Å². The molecule has 4 nitrogen and oxygen atoms in total. The van der Waals surface area contributed by atoms with Gasteiger partial charge < -0.3 is 15.8 Å². The Kier molecular flexibility index (Phi) is 8.56. The highest BCUT2D eigenvalue weighted by Crippen LogP contribution is 2.43. The van der Waals surface area contributed by atoms with Crippen molar-refractivity contribution in [2.24, 2.45) is 11.1 Å². The van der Waals surface area contributed by atoms with Gasteiger partial charge in [0.15, 0.2) is 0 Å². The van der Waals surface area contributed by atoms with Crippen LogP contribution in [0.5, 0.6) is 0 Å². The van der Waals surface area contributed by atoms with Crippen LogP contribution in [-0.2, 0) is 9.53 Å². The quantitative estimate of drug-likeness (QED) is 0.698. The van der Waals surface area contributed by atoms with E-state index in [9.17, 15) is 4.79 Å². The van der Waals surface area contributed by atoms with Crippen molar-refractivity contribution >= 4 is 18.3 Å². The molecule has 0 saturated heterocycles. The first-order valence-electron chi connectivity index (χ1n) is 6.18. The Morgan fingerprint density at radius 3 is 2.65 bits per heavy atom. The molecule has 0 spiro atoms. The van der Waals surface area contributed by atoms with E-state index in [1.165, 1.54) is 19.3 Å². The Bertz CT molecular complexity index is 221. The first kappa shape index (κ1) is 16.7. The van der Waals surface area contributed by atoms with Crippen molar-refractivity contribution in [1.82, 2.24) is 5.32 Å². The molecule has 1 aliphatic rings. The summed E-state index contributed by atoms with van der Waals surface area (Å²) in [4.78, 5) is 11.5. The van der Waals surface area contributed by atoms with Crippen molar-refractivity contribution in [2.75, 3.05) is 26.8 Å². The SMILES string of the molecule is COCCC1(CNC(=O)CCCN)CCC1.Cl. The molecule has 17 heavy (non-hydrogen) atoms. The normalized spacial score (nSPS) is 16.8. The highest BCUT2D eigenvalue weighted by molar-refractivity contribution is 5.85. The molecule has 1 amide bonds. The maximum Gasteiger partial charge on any atom is 0.220 e. The summed E-state index contributed by atoms with van der Waals surface area (Å²) in [5, 5.41) is 3.02. The van der Waals surface area contributed by atoms with Crippen LogP contribution in [0.4, 0.5) is 0 Å². The van der Waals surface area contributed by atoms with Gasteiger partial charge >= 0.3 is 0 Å². The van der Waals surface area contributed by atoms with Gasteiger partial charge in [-0.2, -0.15) is 0 Å². The summed E-state index contributed by atoms with van der Waals surface area (Å²) in [5.74, 6) is 0.133. The Hall–Kier alpha value is -0.320. The van der Waals surface area contributed by atoms with E-state index in [1.807, 2.05) is 0 Å². The van der Waals surface area contributed by atoms with Crippen molar-refractivity contribution in [2.45, 2.75) is 38.5 Å². The number of ether oxygens (including phenoxy) is 1. The van der Waals surface area contributed by atoms with Gasteiger partial charge in [0, 0.05) is 26.7 Å². The number of carbonyl (C=O) groups is 1. The van der Waals surface area contributed by atoms with Gasteiger partial charge in [0.05, 0.1) is 0 Å². The van der Waals surface area contributed by atoms with Crippen molar-refractivity contribution in [1.29, 1.82) is 0 Å². The summed E-state index contributed by atoms with van der Waals surface area (Å²) in [6, 6.07) is 0.